The fourth-order valence-electron chi connectivity index (χ4n) is 2.38. The molecule has 5 nitrogen and oxygen atoms in total. The Balaban J connectivity index is 2.24. The highest BCUT2D eigenvalue weighted by atomic mass is 19.1. The molecule has 0 spiro atoms. The van der Waals surface area contributed by atoms with Crippen LogP contribution >= 0.6 is 0 Å². The van der Waals surface area contributed by atoms with Crippen molar-refractivity contribution in [2.24, 2.45) is 0 Å². The topological polar surface area (TPSA) is 58.6 Å². The number of rotatable bonds is 3. The maximum Gasteiger partial charge on any atom is 0.254 e. The molecule has 1 saturated heterocycles. The number of hydrogen-bond acceptors (Lipinski definition) is 3. The third-order valence-corrected chi connectivity index (χ3v) is 3.46. The number of halogens is 1. The molecule has 1 fully saturated rings. The number of likely N-dealkylation sites (N-methyl/N-ethyl adjacent to an activating group) is 1. The van der Waals surface area contributed by atoms with Gasteiger partial charge >= 0.3 is 0 Å². The van der Waals surface area contributed by atoms with Gasteiger partial charge in [-0.05, 0) is 37.6 Å². The average molecular weight is 294 g/mol. The molecule has 1 N–H and O–H groups in total. The summed E-state index contributed by atoms with van der Waals surface area (Å²) in [6.45, 7) is 4.90. The van der Waals surface area contributed by atoms with E-state index in [1.807, 2.05) is 6.92 Å². The molecule has 1 aliphatic rings. The standard InChI is InChI=1S/C15H19FN2O3/c1-3-17-14(19)13-9-21-7-6-18(13)15(20)12-5-4-11(16)8-10(12)2/h4-5,8,13H,3,6-7,9H2,1-2H3,(H,17,19). The normalized spacial score (nSPS) is 18.4. The lowest BCUT2D eigenvalue weighted by molar-refractivity contribution is -0.130. The Hall–Kier alpha value is -1.95. The third kappa shape index (κ3) is 3.39. The van der Waals surface area contributed by atoms with Crippen molar-refractivity contribution < 1.29 is 18.7 Å². The van der Waals surface area contributed by atoms with Gasteiger partial charge in [-0.3, -0.25) is 9.59 Å². The number of nitrogens with zero attached hydrogens (tertiary/aromatic N) is 1. The SMILES string of the molecule is CCNC(=O)C1COCCN1C(=O)c1ccc(F)cc1C. The van der Waals surface area contributed by atoms with Crippen LogP contribution in [0.5, 0.6) is 0 Å². The number of carbonyl (C=O) groups excluding carboxylic acids is 2. The van der Waals surface area contributed by atoms with Crippen LogP contribution in [-0.4, -0.2) is 49.1 Å². The Kier molecular flexibility index (Phi) is 4.90. The number of carbonyl (C=O) groups is 2. The molecule has 2 amide bonds. The van der Waals surface area contributed by atoms with Crippen LogP contribution in [-0.2, 0) is 9.53 Å². The summed E-state index contributed by atoms with van der Waals surface area (Å²) >= 11 is 0. The molecule has 21 heavy (non-hydrogen) atoms. The monoisotopic (exact) mass is 294 g/mol. The number of hydrogen-bond donors (Lipinski definition) is 1. The lowest BCUT2D eigenvalue weighted by Gasteiger charge is -2.34. The van der Waals surface area contributed by atoms with Gasteiger partial charge in [0.1, 0.15) is 11.9 Å². The van der Waals surface area contributed by atoms with Crippen molar-refractivity contribution in [3.63, 3.8) is 0 Å². The molecule has 114 valence electrons. The van der Waals surface area contributed by atoms with Gasteiger partial charge in [0.15, 0.2) is 0 Å². The summed E-state index contributed by atoms with van der Waals surface area (Å²) in [7, 11) is 0. The van der Waals surface area contributed by atoms with Gasteiger partial charge in [-0.15, -0.1) is 0 Å². The summed E-state index contributed by atoms with van der Waals surface area (Å²) in [5.74, 6) is -0.885. The minimum absolute atomic E-state index is 0.178. The molecule has 1 aromatic carbocycles. The Bertz CT molecular complexity index is 548. The van der Waals surface area contributed by atoms with E-state index in [0.717, 1.165) is 0 Å². The highest BCUT2D eigenvalue weighted by Gasteiger charge is 2.33. The number of nitrogens with one attached hydrogen (secondary N) is 1. The third-order valence-electron chi connectivity index (χ3n) is 3.46. The van der Waals surface area contributed by atoms with E-state index in [9.17, 15) is 14.0 Å². The zero-order chi connectivity index (χ0) is 15.4. The Morgan fingerprint density at radius 1 is 1.48 bits per heavy atom. The lowest BCUT2D eigenvalue weighted by atomic mass is 10.1. The predicted octanol–water partition coefficient (Wildman–Crippen LogP) is 1.11. The summed E-state index contributed by atoms with van der Waals surface area (Å²) in [6.07, 6.45) is 0. The van der Waals surface area contributed by atoms with Gasteiger partial charge in [0, 0.05) is 18.7 Å². The maximum absolute atomic E-state index is 13.1. The van der Waals surface area contributed by atoms with Gasteiger partial charge in [-0.25, -0.2) is 4.39 Å². The first-order valence-corrected chi connectivity index (χ1v) is 6.97. The maximum atomic E-state index is 13.1. The van der Waals surface area contributed by atoms with Gasteiger partial charge in [-0.2, -0.15) is 0 Å². The van der Waals surface area contributed by atoms with Crippen molar-refractivity contribution in [2.75, 3.05) is 26.3 Å². The lowest BCUT2D eigenvalue weighted by Crippen LogP contribution is -2.56. The molecule has 1 heterocycles. The second-order valence-corrected chi connectivity index (χ2v) is 4.94. The minimum Gasteiger partial charge on any atom is -0.377 e. The van der Waals surface area contributed by atoms with Crippen LogP contribution in [0.1, 0.15) is 22.8 Å². The van der Waals surface area contributed by atoms with E-state index in [-0.39, 0.29) is 24.2 Å². The van der Waals surface area contributed by atoms with E-state index in [0.29, 0.717) is 30.8 Å². The van der Waals surface area contributed by atoms with Crippen LogP contribution in [0.25, 0.3) is 0 Å². The fraction of sp³-hybridized carbons (Fsp3) is 0.467. The van der Waals surface area contributed by atoms with E-state index in [1.54, 1.807) is 6.92 Å². The summed E-state index contributed by atoms with van der Waals surface area (Å²) in [5, 5.41) is 2.70. The van der Waals surface area contributed by atoms with Crippen molar-refractivity contribution >= 4 is 11.8 Å². The summed E-state index contributed by atoms with van der Waals surface area (Å²) in [5.41, 5.74) is 0.966. The molecule has 1 unspecified atom stereocenters. The Morgan fingerprint density at radius 2 is 2.24 bits per heavy atom. The molecule has 2 rings (SSSR count). The van der Waals surface area contributed by atoms with Crippen molar-refractivity contribution in [3.05, 3.63) is 35.1 Å². The Labute approximate surface area is 123 Å². The molecule has 1 aliphatic heterocycles. The van der Waals surface area contributed by atoms with E-state index >= 15 is 0 Å². The number of aryl methyl sites for hydroxylation is 1. The van der Waals surface area contributed by atoms with Gasteiger partial charge in [0.2, 0.25) is 5.91 Å². The zero-order valence-electron chi connectivity index (χ0n) is 12.2. The second-order valence-electron chi connectivity index (χ2n) is 4.94. The van der Waals surface area contributed by atoms with Crippen molar-refractivity contribution in [1.82, 2.24) is 10.2 Å². The summed E-state index contributed by atoms with van der Waals surface area (Å²) < 4.78 is 18.4. The van der Waals surface area contributed by atoms with E-state index in [1.165, 1.54) is 23.1 Å². The molecule has 0 aliphatic carbocycles. The fourth-order valence-corrected chi connectivity index (χ4v) is 2.38. The first-order chi connectivity index (χ1) is 10.0. The molecule has 1 aromatic rings. The second kappa shape index (κ2) is 6.67. The summed E-state index contributed by atoms with van der Waals surface area (Å²) in [6, 6.07) is 3.38. The predicted molar refractivity (Wildman–Crippen MR) is 75.5 cm³/mol. The number of ether oxygens (including phenoxy) is 1. The number of benzene rings is 1. The first kappa shape index (κ1) is 15.4. The highest BCUT2D eigenvalue weighted by Crippen LogP contribution is 2.17. The minimum atomic E-state index is -0.643. The van der Waals surface area contributed by atoms with E-state index < -0.39 is 6.04 Å². The van der Waals surface area contributed by atoms with Crippen molar-refractivity contribution in [2.45, 2.75) is 19.9 Å². The molecule has 0 aromatic heterocycles. The number of morpholine rings is 1. The molecular formula is C15H19FN2O3. The Morgan fingerprint density at radius 3 is 2.90 bits per heavy atom. The van der Waals surface area contributed by atoms with Crippen LogP contribution in [0.4, 0.5) is 4.39 Å². The van der Waals surface area contributed by atoms with Gasteiger partial charge in [0.25, 0.3) is 5.91 Å². The molecular weight excluding hydrogens is 275 g/mol. The first-order valence-electron chi connectivity index (χ1n) is 6.97. The average Bonchev–Trinajstić information content (AvgIpc) is 2.47. The molecule has 0 saturated carbocycles. The molecule has 1 atom stereocenters. The van der Waals surface area contributed by atoms with Gasteiger partial charge in [-0.1, -0.05) is 0 Å². The highest BCUT2D eigenvalue weighted by molar-refractivity contribution is 5.98. The van der Waals surface area contributed by atoms with Crippen LogP contribution in [0, 0.1) is 12.7 Å². The molecule has 0 radical (unpaired) electrons. The van der Waals surface area contributed by atoms with Crippen LogP contribution in [0.2, 0.25) is 0 Å². The molecule has 6 heteroatoms. The zero-order valence-corrected chi connectivity index (χ0v) is 12.2. The van der Waals surface area contributed by atoms with Gasteiger partial charge in [0.05, 0.1) is 13.2 Å². The van der Waals surface area contributed by atoms with E-state index in [4.69, 9.17) is 4.74 Å². The van der Waals surface area contributed by atoms with E-state index in [2.05, 4.69) is 5.32 Å². The quantitative estimate of drug-likeness (QED) is 0.908. The van der Waals surface area contributed by atoms with Crippen LogP contribution in [0.3, 0.4) is 0 Å². The van der Waals surface area contributed by atoms with Crippen molar-refractivity contribution in [3.8, 4) is 0 Å². The number of amides is 2. The van der Waals surface area contributed by atoms with Gasteiger partial charge < -0.3 is 15.0 Å². The van der Waals surface area contributed by atoms with Crippen molar-refractivity contribution in [1.29, 1.82) is 0 Å². The smallest absolute Gasteiger partial charge is 0.254 e. The molecule has 0 bridgehead atoms. The largest absolute Gasteiger partial charge is 0.377 e. The summed E-state index contributed by atoms with van der Waals surface area (Å²) in [4.78, 5) is 26.2. The van der Waals surface area contributed by atoms with Crippen LogP contribution in [0.15, 0.2) is 18.2 Å². The van der Waals surface area contributed by atoms with Crippen LogP contribution < -0.4 is 5.32 Å².